The summed E-state index contributed by atoms with van der Waals surface area (Å²) < 4.78 is 0. The zero-order chi connectivity index (χ0) is 26.1. The van der Waals surface area contributed by atoms with E-state index in [0.29, 0.717) is 35.0 Å². The third-order valence-corrected chi connectivity index (χ3v) is 7.52. The molecule has 194 valence electrons. The lowest BCUT2D eigenvalue weighted by molar-refractivity contribution is 0.0493. The lowest BCUT2D eigenvalue weighted by Gasteiger charge is -2.43. The molecular formula is C28H36N8O. The van der Waals surface area contributed by atoms with Crippen molar-refractivity contribution in [1.29, 1.82) is 0 Å². The Bertz CT molecular complexity index is 1280. The highest BCUT2D eigenvalue weighted by atomic mass is 16.2. The Labute approximate surface area is 218 Å². The number of benzene rings is 2. The quantitative estimate of drug-likeness (QED) is 0.237. The molecule has 9 heteroatoms. The van der Waals surface area contributed by atoms with E-state index in [2.05, 4.69) is 59.6 Å². The molecule has 2 aliphatic rings. The van der Waals surface area contributed by atoms with Crippen LogP contribution < -0.4 is 22.3 Å². The average Bonchev–Trinajstić information content (AvgIpc) is 2.87. The topological polar surface area (TPSA) is 125 Å². The number of rotatable bonds is 5. The Morgan fingerprint density at radius 1 is 1.08 bits per heavy atom. The molecule has 0 aliphatic carbocycles. The van der Waals surface area contributed by atoms with Crippen molar-refractivity contribution in [3.8, 4) is 0 Å². The number of hydrogen-bond donors (Lipinski definition) is 4. The van der Waals surface area contributed by atoms with Gasteiger partial charge in [0.05, 0.1) is 17.1 Å². The van der Waals surface area contributed by atoms with E-state index in [0.717, 1.165) is 50.3 Å². The van der Waals surface area contributed by atoms with E-state index in [-0.39, 0.29) is 5.91 Å². The third kappa shape index (κ3) is 5.38. The standard InChI is InChI=1S/C28H36N8O/c1-17-10-18(2)12-22(11-17)32-28-31-15-21-13-19(3)36(16-26(21)33-28)23-6-8-35(9-7-23)27(37)20-4-5-25(34-30)24(29)14-20/h4-5,10-12,14-15,19,23,34H,6-9,13,16,29-30H2,1-3H3,(H,31,32,33). The zero-order valence-corrected chi connectivity index (χ0v) is 21.8. The first-order chi connectivity index (χ1) is 17.8. The molecular weight excluding hydrogens is 464 g/mol. The largest absolute Gasteiger partial charge is 0.397 e. The first-order valence-electron chi connectivity index (χ1n) is 12.9. The molecule has 1 saturated heterocycles. The van der Waals surface area contributed by atoms with Crippen LogP contribution in [0.1, 0.15) is 52.5 Å². The number of hydrogen-bond acceptors (Lipinski definition) is 8. The maximum atomic E-state index is 13.1. The van der Waals surface area contributed by atoms with Gasteiger partial charge < -0.3 is 21.4 Å². The Morgan fingerprint density at radius 3 is 2.49 bits per heavy atom. The van der Waals surface area contributed by atoms with Crippen molar-refractivity contribution >= 4 is 28.9 Å². The lowest BCUT2D eigenvalue weighted by Crippen LogP contribution is -2.51. The summed E-state index contributed by atoms with van der Waals surface area (Å²) in [4.78, 5) is 27.0. The van der Waals surface area contributed by atoms with E-state index in [1.807, 2.05) is 11.1 Å². The molecule has 3 aromatic rings. The number of likely N-dealkylation sites (tertiary alicyclic amines) is 1. The van der Waals surface area contributed by atoms with Crippen molar-refractivity contribution in [3.05, 3.63) is 70.5 Å². The second-order valence-electron chi connectivity index (χ2n) is 10.4. The molecule has 0 saturated carbocycles. The molecule has 1 amide bonds. The molecule has 2 aliphatic heterocycles. The van der Waals surface area contributed by atoms with Crippen LogP contribution in [0.3, 0.4) is 0 Å². The highest BCUT2D eigenvalue weighted by Gasteiger charge is 2.33. The predicted octanol–water partition coefficient (Wildman–Crippen LogP) is 3.76. The number of nitrogens with two attached hydrogens (primary N) is 2. The summed E-state index contributed by atoms with van der Waals surface area (Å²) in [6.45, 7) is 8.70. The second-order valence-corrected chi connectivity index (χ2v) is 10.4. The monoisotopic (exact) mass is 500 g/mol. The number of nitrogens with one attached hydrogen (secondary N) is 2. The van der Waals surface area contributed by atoms with Crippen molar-refractivity contribution in [1.82, 2.24) is 19.8 Å². The average molecular weight is 501 g/mol. The number of nitrogen functional groups attached to an aromatic ring is 2. The molecule has 37 heavy (non-hydrogen) atoms. The van der Waals surface area contributed by atoms with Crippen molar-refractivity contribution in [2.24, 2.45) is 5.84 Å². The van der Waals surface area contributed by atoms with Gasteiger partial charge in [-0.3, -0.25) is 15.5 Å². The lowest BCUT2D eigenvalue weighted by atomic mass is 9.94. The van der Waals surface area contributed by atoms with Crippen LogP contribution >= 0.6 is 0 Å². The van der Waals surface area contributed by atoms with Crippen LogP contribution in [-0.2, 0) is 13.0 Å². The van der Waals surface area contributed by atoms with E-state index in [1.165, 1.54) is 16.7 Å². The van der Waals surface area contributed by atoms with E-state index in [9.17, 15) is 4.79 Å². The maximum absolute atomic E-state index is 13.1. The molecule has 2 aromatic carbocycles. The summed E-state index contributed by atoms with van der Waals surface area (Å²) in [6.07, 6.45) is 4.77. The number of fused-ring (bicyclic) bond motifs is 1. The molecule has 0 spiro atoms. The summed E-state index contributed by atoms with van der Waals surface area (Å²) in [5, 5.41) is 3.38. The van der Waals surface area contributed by atoms with Gasteiger partial charge in [0.2, 0.25) is 5.95 Å². The summed E-state index contributed by atoms with van der Waals surface area (Å²) in [7, 11) is 0. The molecule has 9 nitrogen and oxygen atoms in total. The number of carbonyl (C=O) groups excluding carboxylic acids is 1. The van der Waals surface area contributed by atoms with Gasteiger partial charge in [-0.15, -0.1) is 0 Å². The molecule has 1 aromatic heterocycles. The van der Waals surface area contributed by atoms with Gasteiger partial charge in [-0.05, 0) is 87.1 Å². The van der Waals surface area contributed by atoms with Crippen molar-refractivity contribution in [2.45, 2.75) is 58.7 Å². The molecule has 0 radical (unpaired) electrons. The van der Waals surface area contributed by atoms with E-state index >= 15 is 0 Å². The Kier molecular flexibility index (Phi) is 6.99. The van der Waals surface area contributed by atoms with Crippen LogP contribution in [0.2, 0.25) is 0 Å². The first kappa shape index (κ1) is 25.0. The van der Waals surface area contributed by atoms with Crippen molar-refractivity contribution < 1.29 is 4.79 Å². The fourth-order valence-corrected chi connectivity index (χ4v) is 5.65. The number of hydrazine groups is 1. The van der Waals surface area contributed by atoms with Gasteiger partial charge in [0.25, 0.3) is 5.91 Å². The van der Waals surface area contributed by atoms with Crippen molar-refractivity contribution in [3.63, 3.8) is 0 Å². The molecule has 0 bridgehead atoms. The van der Waals surface area contributed by atoms with E-state index < -0.39 is 0 Å². The fourth-order valence-electron chi connectivity index (χ4n) is 5.65. The van der Waals surface area contributed by atoms with Crippen LogP contribution in [0.25, 0.3) is 0 Å². The van der Waals surface area contributed by atoms with Gasteiger partial charge in [-0.1, -0.05) is 6.07 Å². The van der Waals surface area contributed by atoms with Gasteiger partial charge >= 0.3 is 0 Å². The summed E-state index contributed by atoms with van der Waals surface area (Å²) >= 11 is 0. The second kappa shape index (κ2) is 10.4. The minimum atomic E-state index is 0.0144. The normalized spacial score (nSPS) is 18.4. The Balaban J connectivity index is 1.24. The molecule has 3 heterocycles. The molecule has 1 unspecified atom stereocenters. The number of nitrogens with zero attached hydrogens (tertiary/aromatic N) is 4. The van der Waals surface area contributed by atoms with Crippen LogP contribution in [0.4, 0.5) is 23.0 Å². The van der Waals surface area contributed by atoms with Gasteiger partial charge in [-0.25, -0.2) is 9.97 Å². The van der Waals surface area contributed by atoms with Crippen LogP contribution in [0, 0.1) is 13.8 Å². The maximum Gasteiger partial charge on any atom is 0.253 e. The highest BCUT2D eigenvalue weighted by Crippen LogP contribution is 2.29. The predicted molar refractivity (Wildman–Crippen MR) is 148 cm³/mol. The Morgan fingerprint density at radius 2 is 1.81 bits per heavy atom. The Hall–Kier alpha value is -3.69. The van der Waals surface area contributed by atoms with Gasteiger partial charge in [0, 0.05) is 49.2 Å². The van der Waals surface area contributed by atoms with Crippen LogP contribution in [0.15, 0.2) is 42.6 Å². The smallest absolute Gasteiger partial charge is 0.253 e. The number of aryl methyl sites for hydroxylation is 2. The first-order valence-corrected chi connectivity index (χ1v) is 12.9. The fraction of sp³-hybridized carbons (Fsp3) is 0.393. The molecule has 5 rings (SSSR count). The number of carbonyl (C=O) groups is 1. The summed E-state index contributed by atoms with van der Waals surface area (Å²) in [5.74, 6) is 6.11. The molecule has 6 N–H and O–H groups in total. The summed E-state index contributed by atoms with van der Waals surface area (Å²) in [5.41, 5.74) is 16.0. The summed E-state index contributed by atoms with van der Waals surface area (Å²) in [6, 6.07) is 12.4. The third-order valence-electron chi connectivity index (χ3n) is 7.52. The number of anilines is 4. The number of amides is 1. The van der Waals surface area contributed by atoms with Gasteiger partial charge in [-0.2, -0.15) is 0 Å². The van der Waals surface area contributed by atoms with Crippen molar-refractivity contribution in [2.75, 3.05) is 29.6 Å². The minimum Gasteiger partial charge on any atom is -0.397 e. The van der Waals surface area contributed by atoms with Gasteiger partial charge in [0.1, 0.15) is 0 Å². The zero-order valence-electron chi connectivity index (χ0n) is 21.8. The van der Waals surface area contributed by atoms with Gasteiger partial charge in [0.15, 0.2) is 0 Å². The SMILES string of the molecule is Cc1cc(C)cc(Nc2ncc3c(n2)CN(C2CCN(C(=O)c4ccc(NN)c(N)c4)CC2)C(C)C3)c1. The van der Waals surface area contributed by atoms with E-state index in [4.69, 9.17) is 16.6 Å². The van der Waals surface area contributed by atoms with Crippen LogP contribution in [-0.4, -0.2) is 50.8 Å². The minimum absolute atomic E-state index is 0.0144. The molecule has 1 atom stereocenters. The van der Waals surface area contributed by atoms with E-state index in [1.54, 1.807) is 18.2 Å². The van der Waals surface area contributed by atoms with Crippen LogP contribution in [0.5, 0.6) is 0 Å². The molecule has 1 fully saturated rings. The number of piperidine rings is 1. The highest BCUT2D eigenvalue weighted by molar-refractivity contribution is 5.96. The number of aromatic nitrogens is 2.